The molecule has 0 unspecified atom stereocenters. The SMILES string of the molecule is O=C(O)CCNC(=O)C(F)(F)c1ccc(F)cc1. The number of carbonyl (C=O) groups excluding carboxylic acids is 1. The number of hydrogen-bond donors (Lipinski definition) is 2. The Balaban J connectivity index is 2.70. The lowest BCUT2D eigenvalue weighted by molar-refractivity contribution is -0.147. The van der Waals surface area contributed by atoms with Gasteiger partial charge in [-0.2, -0.15) is 8.78 Å². The Morgan fingerprint density at radius 3 is 2.28 bits per heavy atom. The first-order valence-corrected chi connectivity index (χ1v) is 4.98. The summed E-state index contributed by atoms with van der Waals surface area (Å²) in [4.78, 5) is 21.3. The molecule has 1 aromatic rings. The number of benzene rings is 1. The highest BCUT2D eigenvalue weighted by Gasteiger charge is 2.40. The van der Waals surface area contributed by atoms with Crippen LogP contribution in [-0.4, -0.2) is 23.5 Å². The van der Waals surface area contributed by atoms with Crippen molar-refractivity contribution in [3.63, 3.8) is 0 Å². The van der Waals surface area contributed by atoms with Crippen LogP contribution in [0, 0.1) is 5.82 Å². The lowest BCUT2D eigenvalue weighted by atomic mass is 10.1. The van der Waals surface area contributed by atoms with Crippen LogP contribution in [0.2, 0.25) is 0 Å². The molecule has 0 radical (unpaired) electrons. The molecule has 0 saturated carbocycles. The molecule has 0 aliphatic heterocycles. The number of hydrogen-bond acceptors (Lipinski definition) is 2. The molecule has 0 bridgehead atoms. The second kappa shape index (κ2) is 5.52. The highest BCUT2D eigenvalue weighted by molar-refractivity contribution is 5.85. The molecule has 2 N–H and O–H groups in total. The van der Waals surface area contributed by atoms with Gasteiger partial charge in [0.05, 0.1) is 6.42 Å². The van der Waals surface area contributed by atoms with Crippen LogP contribution < -0.4 is 5.32 Å². The first-order chi connectivity index (χ1) is 8.34. The number of aliphatic carboxylic acids is 1. The summed E-state index contributed by atoms with van der Waals surface area (Å²) < 4.78 is 39.6. The zero-order valence-electron chi connectivity index (χ0n) is 9.12. The van der Waals surface area contributed by atoms with Gasteiger partial charge in [0.25, 0.3) is 5.91 Å². The number of rotatable bonds is 5. The molecule has 0 aliphatic rings. The van der Waals surface area contributed by atoms with Gasteiger partial charge in [0, 0.05) is 12.1 Å². The van der Waals surface area contributed by atoms with Crippen LogP contribution in [0.15, 0.2) is 24.3 Å². The minimum Gasteiger partial charge on any atom is -0.481 e. The van der Waals surface area contributed by atoms with E-state index < -0.39 is 42.1 Å². The van der Waals surface area contributed by atoms with Crippen LogP contribution in [0.25, 0.3) is 0 Å². The van der Waals surface area contributed by atoms with Crippen molar-refractivity contribution in [1.29, 1.82) is 0 Å². The molecular formula is C11H10F3NO3. The predicted molar refractivity (Wildman–Crippen MR) is 55.6 cm³/mol. The van der Waals surface area contributed by atoms with Crippen molar-refractivity contribution < 1.29 is 27.9 Å². The number of alkyl halides is 2. The molecule has 0 aromatic heterocycles. The van der Waals surface area contributed by atoms with E-state index in [0.717, 1.165) is 24.3 Å². The molecule has 7 heteroatoms. The zero-order valence-corrected chi connectivity index (χ0v) is 9.12. The smallest absolute Gasteiger partial charge is 0.349 e. The van der Waals surface area contributed by atoms with Crippen molar-refractivity contribution in [1.82, 2.24) is 5.32 Å². The van der Waals surface area contributed by atoms with Gasteiger partial charge in [-0.15, -0.1) is 0 Å². The Kier molecular flexibility index (Phi) is 4.30. The standard InChI is InChI=1S/C11H10F3NO3/c12-8-3-1-7(2-4-8)11(13,14)10(18)15-6-5-9(16)17/h1-4H,5-6H2,(H,15,18)(H,16,17). The van der Waals surface area contributed by atoms with Gasteiger partial charge in [0.1, 0.15) is 5.82 Å². The number of amides is 1. The first kappa shape index (κ1) is 14.0. The summed E-state index contributed by atoms with van der Waals surface area (Å²) in [6, 6.07) is 3.22. The number of nitrogens with one attached hydrogen (secondary N) is 1. The van der Waals surface area contributed by atoms with Crippen molar-refractivity contribution in [2.24, 2.45) is 0 Å². The highest BCUT2D eigenvalue weighted by Crippen LogP contribution is 2.28. The topological polar surface area (TPSA) is 66.4 Å². The fraction of sp³-hybridized carbons (Fsp3) is 0.273. The van der Waals surface area contributed by atoms with E-state index >= 15 is 0 Å². The lowest BCUT2D eigenvalue weighted by Crippen LogP contribution is -2.39. The van der Waals surface area contributed by atoms with Gasteiger partial charge < -0.3 is 10.4 Å². The third-order valence-electron chi connectivity index (χ3n) is 2.12. The van der Waals surface area contributed by atoms with Crippen LogP contribution in [0.4, 0.5) is 13.2 Å². The van der Waals surface area contributed by atoms with Crippen molar-refractivity contribution in [3.8, 4) is 0 Å². The molecule has 0 saturated heterocycles. The Bertz CT molecular complexity index is 445. The molecule has 0 atom stereocenters. The van der Waals surface area contributed by atoms with Crippen molar-refractivity contribution in [3.05, 3.63) is 35.6 Å². The molecule has 0 spiro atoms. The number of carboxylic acids is 1. The van der Waals surface area contributed by atoms with Crippen LogP contribution in [-0.2, 0) is 15.5 Å². The van der Waals surface area contributed by atoms with E-state index in [1.54, 1.807) is 5.32 Å². The summed E-state index contributed by atoms with van der Waals surface area (Å²) in [5.74, 6) is -7.34. The number of carboxylic acid groups (broad SMARTS) is 1. The molecule has 0 heterocycles. The van der Waals surface area contributed by atoms with E-state index in [9.17, 15) is 22.8 Å². The maximum atomic E-state index is 13.5. The summed E-state index contributed by atoms with van der Waals surface area (Å²) in [5.41, 5.74) is -0.656. The van der Waals surface area contributed by atoms with Crippen molar-refractivity contribution >= 4 is 11.9 Å². The average molecular weight is 261 g/mol. The second-order valence-electron chi connectivity index (χ2n) is 3.48. The zero-order chi connectivity index (χ0) is 13.8. The summed E-state index contributed by atoms with van der Waals surface area (Å²) in [7, 11) is 0. The molecule has 0 aliphatic carbocycles. The quantitative estimate of drug-likeness (QED) is 0.844. The molecule has 1 rings (SSSR count). The molecule has 4 nitrogen and oxygen atoms in total. The summed E-state index contributed by atoms with van der Waals surface area (Å²) in [5, 5.41) is 10.1. The Hall–Kier alpha value is -2.05. The lowest BCUT2D eigenvalue weighted by Gasteiger charge is -2.15. The van der Waals surface area contributed by atoms with Gasteiger partial charge in [-0.1, -0.05) is 0 Å². The minimum absolute atomic E-state index is 0.398. The second-order valence-corrected chi connectivity index (χ2v) is 3.48. The van der Waals surface area contributed by atoms with Crippen LogP contribution in [0.3, 0.4) is 0 Å². The summed E-state index contributed by atoms with van der Waals surface area (Å²) in [6.45, 7) is -0.398. The largest absolute Gasteiger partial charge is 0.481 e. The summed E-state index contributed by atoms with van der Waals surface area (Å²) in [6.07, 6.45) is -0.453. The fourth-order valence-electron chi connectivity index (χ4n) is 1.18. The van der Waals surface area contributed by atoms with E-state index in [2.05, 4.69) is 0 Å². The van der Waals surface area contributed by atoms with Gasteiger partial charge in [-0.05, 0) is 24.3 Å². The Morgan fingerprint density at radius 1 is 1.22 bits per heavy atom. The van der Waals surface area contributed by atoms with E-state index in [-0.39, 0.29) is 0 Å². The number of carbonyl (C=O) groups is 2. The van der Waals surface area contributed by atoms with E-state index in [0.29, 0.717) is 0 Å². The highest BCUT2D eigenvalue weighted by atomic mass is 19.3. The van der Waals surface area contributed by atoms with Crippen molar-refractivity contribution in [2.45, 2.75) is 12.3 Å². The molecular weight excluding hydrogens is 251 g/mol. The molecule has 18 heavy (non-hydrogen) atoms. The Labute approximate surface area is 100 Å². The van der Waals surface area contributed by atoms with Gasteiger partial charge in [-0.25, -0.2) is 4.39 Å². The third-order valence-corrected chi connectivity index (χ3v) is 2.12. The third kappa shape index (κ3) is 3.47. The fourth-order valence-corrected chi connectivity index (χ4v) is 1.18. The minimum atomic E-state index is -3.83. The molecule has 1 aromatic carbocycles. The van der Waals surface area contributed by atoms with Gasteiger partial charge >= 0.3 is 11.9 Å². The van der Waals surface area contributed by atoms with Gasteiger partial charge in [-0.3, -0.25) is 9.59 Å². The normalized spacial score (nSPS) is 11.1. The van der Waals surface area contributed by atoms with E-state index in [1.807, 2.05) is 0 Å². The first-order valence-electron chi connectivity index (χ1n) is 4.98. The molecule has 98 valence electrons. The maximum Gasteiger partial charge on any atom is 0.349 e. The van der Waals surface area contributed by atoms with Gasteiger partial charge in [0.15, 0.2) is 0 Å². The molecule has 1 amide bonds. The average Bonchev–Trinajstić information content (AvgIpc) is 2.28. The van der Waals surface area contributed by atoms with Crippen LogP contribution in [0.1, 0.15) is 12.0 Å². The maximum absolute atomic E-state index is 13.5. The van der Waals surface area contributed by atoms with E-state index in [1.165, 1.54) is 0 Å². The van der Waals surface area contributed by atoms with Crippen LogP contribution in [0.5, 0.6) is 0 Å². The van der Waals surface area contributed by atoms with E-state index in [4.69, 9.17) is 5.11 Å². The van der Waals surface area contributed by atoms with Crippen molar-refractivity contribution in [2.75, 3.05) is 6.54 Å². The Morgan fingerprint density at radius 2 is 1.78 bits per heavy atom. The predicted octanol–water partition coefficient (Wildman–Crippen LogP) is 1.51. The molecule has 0 fully saturated rings. The van der Waals surface area contributed by atoms with Crippen LogP contribution >= 0.6 is 0 Å². The number of halogens is 3. The summed E-state index contributed by atoms with van der Waals surface area (Å²) >= 11 is 0. The van der Waals surface area contributed by atoms with Gasteiger partial charge in [0.2, 0.25) is 0 Å². The monoisotopic (exact) mass is 261 g/mol.